The highest BCUT2D eigenvalue weighted by Gasteiger charge is 2.13. The van der Waals surface area contributed by atoms with Gasteiger partial charge in [0.05, 0.1) is 6.54 Å². The monoisotopic (exact) mass is 316 g/mol. The van der Waals surface area contributed by atoms with Crippen molar-refractivity contribution >= 4 is 35.2 Å². The summed E-state index contributed by atoms with van der Waals surface area (Å²) in [7, 11) is 0. The van der Waals surface area contributed by atoms with Crippen molar-refractivity contribution in [1.29, 1.82) is 0 Å². The van der Waals surface area contributed by atoms with E-state index in [2.05, 4.69) is 15.6 Å². The number of halogens is 2. The predicted molar refractivity (Wildman–Crippen MR) is 83.2 cm³/mol. The summed E-state index contributed by atoms with van der Waals surface area (Å²) >= 11 is 11.8. The number of guanidine groups is 1. The van der Waals surface area contributed by atoms with E-state index in [1.165, 1.54) is 0 Å². The van der Waals surface area contributed by atoms with Gasteiger partial charge in [0.2, 0.25) is 0 Å². The minimum absolute atomic E-state index is 0.0257. The maximum Gasteiger partial charge on any atom is 0.321 e. The third-order valence-electron chi connectivity index (χ3n) is 2.16. The SMILES string of the molecule is CC(C)(C)NC(=O)NC(N)=NCc1ccc(Cl)cc1Cl. The molecule has 0 atom stereocenters. The van der Waals surface area contributed by atoms with Crippen LogP contribution < -0.4 is 16.4 Å². The Kier molecular flexibility index (Phi) is 5.65. The second kappa shape index (κ2) is 6.81. The molecule has 2 amide bonds. The topological polar surface area (TPSA) is 79.5 Å². The van der Waals surface area contributed by atoms with Gasteiger partial charge in [-0.05, 0) is 38.5 Å². The Morgan fingerprint density at radius 1 is 1.35 bits per heavy atom. The molecule has 0 heterocycles. The van der Waals surface area contributed by atoms with Crippen LogP contribution in [0.5, 0.6) is 0 Å². The number of urea groups is 1. The van der Waals surface area contributed by atoms with E-state index in [-0.39, 0.29) is 18.0 Å². The van der Waals surface area contributed by atoms with Crippen LogP contribution in [0.25, 0.3) is 0 Å². The Labute approximate surface area is 128 Å². The number of carbonyl (C=O) groups is 1. The molecule has 0 bridgehead atoms. The second-order valence-corrected chi connectivity index (χ2v) is 6.11. The first-order valence-electron chi connectivity index (χ1n) is 6.00. The quantitative estimate of drug-likeness (QED) is 0.579. The third-order valence-corrected chi connectivity index (χ3v) is 2.75. The van der Waals surface area contributed by atoms with Crippen LogP contribution in [-0.2, 0) is 6.54 Å². The number of nitrogens with one attached hydrogen (secondary N) is 2. The van der Waals surface area contributed by atoms with Gasteiger partial charge < -0.3 is 11.1 Å². The van der Waals surface area contributed by atoms with E-state index in [1.54, 1.807) is 18.2 Å². The van der Waals surface area contributed by atoms with Crippen molar-refractivity contribution in [1.82, 2.24) is 10.6 Å². The standard InChI is InChI=1S/C13H18Cl2N4O/c1-13(2,3)19-12(20)18-11(16)17-7-8-4-5-9(14)6-10(8)15/h4-6H,7H2,1-3H3,(H4,16,17,18,19,20). The first-order valence-corrected chi connectivity index (χ1v) is 6.76. The van der Waals surface area contributed by atoms with Gasteiger partial charge in [-0.15, -0.1) is 0 Å². The van der Waals surface area contributed by atoms with E-state index in [4.69, 9.17) is 28.9 Å². The Bertz CT molecular complexity index is 524. The summed E-state index contributed by atoms with van der Waals surface area (Å²) in [6.45, 7) is 5.87. The van der Waals surface area contributed by atoms with Gasteiger partial charge in [-0.25, -0.2) is 9.79 Å². The summed E-state index contributed by atoms with van der Waals surface area (Å²) in [5.74, 6) is 0.0257. The van der Waals surface area contributed by atoms with Gasteiger partial charge in [0, 0.05) is 15.6 Å². The molecule has 0 saturated carbocycles. The lowest BCUT2D eigenvalue weighted by molar-refractivity contribution is 0.236. The fourth-order valence-corrected chi connectivity index (χ4v) is 1.82. The molecule has 4 N–H and O–H groups in total. The van der Waals surface area contributed by atoms with Gasteiger partial charge in [-0.1, -0.05) is 29.3 Å². The maximum absolute atomic E-state index is 11.6. The fourth-order valence-electron chi connectivity index (χ4n) is 1.35. The molecule has 1 rings (SSSR count). The highest BCUT2D eigenvalue weighted by molar-refractivity contribution is 6.35. The number of aliphatic imine (C=N–C) groups is 1. The highest BCUT2D eigenvalue weighted by Crippen LogP contribution is 2.21. The summed E-state index contributed by atoms with van der Waals surface area (Å²) in [5, 5.41) is 6.22. The molecule has 0 spiro atoms. The number of hydrogen-bond acceptors (Lipinski definition) is 2. The smallest absolute Gasteiger partial charge is 0.321 e. The molecule has 20 heavy (non-hydrogen) atoms. The first kappa shape index (κ1) is 16.6. The minimum atomic E-state index is -0.402. The average Bonchev–Trinajstić information content (AvgIpc) is 2.24. The number of amides is 2. The molecule has 0 aliphatic rings. The van der Waals surface area contributed by atoms with E-state index in [0.29, 0.717) is 10.0 Å². The Balaban J connectivity index is 2.59. The molecule has 0 aliphatic carbocycles. The van der Waals surface area contributed by atoms with E-state index in [0.717, 1.165) is 5.56 Å². The van der Waals surface area contributed by atoms with Crippen LogP contribution in [0.3, 0.4) is 0 Å². The zero-order chi connectivity index (χ0) is 15.3. The largest absolute Gasteiger partial charge is 0.370 e. The lowest BCUT2D eigenvalue weighted by Gasteiger charge is -2.20. The summed E-state index contributed by atoms with van der Waals surface area (Å²) in [6.07, 6.45) is 0. The van der Waals surface area contributed by atoms with Crippen LogP contribution in [0.2, 0.25) is 10.0 Å². The normalized spacial score (nSPS) is 12.2. The zero-order valence-electron chi connectivity index (χ0n) is 11.6. The van der Waals surface area contributed by atoms with Crippen molar-refractivity contribution in [2.75, 3.05) is 0 Å². The van der Waals surface area contributed by atoms with Crippen molar-refractivity contribution < 1.29 is 4.79 Å². The summed E-state index contributed by atoms with van der Waals surface area (Å²) in [4.78, 5) is 15.6. The highest BCUT2D eigenvalue weighted by atomic mass is 35.5. The van der Waals surface area contributed by atoms with E-state index >= 15 is 0 Å². The van der Waals surface area contributed by atoms with Crippen LogP contribution >= 0.6 is 23.2 Å². The minimum Gasteiger partial charge on any atom is -0.370 e. The molecular weight excluding hydrogens is 299 g/mol. The van der Waals surface area contributed by atoms with Gasteiger partial charge in [0.15, 0.2) is 5.96 Å². The molecule has 7 heteroatoms. The second-order valence-electron chi connectivity index (χ2n) is 5.27. The Morgan fingerprint density at radius 3 is 2.55 bits per heavy atom. The molecule has 5 nitrogen and oxygen atoms in total. The molecule has 110 valence electrons. The van der Waals surface area contributed by atoms with Crippen molar-refractivity contribution in [2.45, 2.75) is 32.9 Å². The molecule has 0 aliphatic heterocycles. The van der Waals surface area contributed by atoms with E-state index in [1.807, 2.05) is 20.8 Å². The maximum atomic E-state index is 11.6. The number of hydrogen-bond donors (Lipinski definition) is 3. The van der Waals surface area contributed by atoms with Gasteiger partial charge >= 0.3 is 6.03 Å². The lowest BCUT2D eigenvalue weighted by atomic mass is 10.1. The predicted octanol–water partition coefficient (Wildman–Crippen LogP) is 2.91. The summed E-state index contributed by atoms with van der Waals surface area (Å²) in [5.41, 5.74) is 6.06. The molecule has 0 aromatic heterocycles. The van der Waals surface area contributed by atoms with Gasteiger partial charge in [-0.2, -0.15) is 0 Å². The molecular formula is C13H18Cl2N4O. The fraction of sp³-hybridized carbons (Fsp3) is 0.385. The third kappa shape index (κ3) is 6.12. The Morgan fingerprint density at radius 2 is 2.00 bits per heavy atom. The van der Waals surface area contributed by atoms with Crippen LogP contribution in [0, 0.1) is 0 Å². The van der Waals surface area contributed by atoms with E-state index in [9.17, 15) is 4.79 Å². The van der Waals surface area contributed by atoms with Crippen molar-refractivity contribution in [3.63, 3.8) is 0 Å². The number of benzene rings is 1. The molecule has 1 aromatic carbocycles. The molecule has 0 radical (unpaired) electrons. The number of rotatable bonds is 2. The number of nitrogens with zero attached hydrogens (tertiary/aromatic N) is 1. The van der Waals surface area contributed by atoms with Gasteiger partial charge in [-0.3, -0.25) is 5.32 Å². The average molecular weight is 317 g/mol. The van der Waals surface area contributed by atoms with Crippen molar-refractivity contribution in [3.05, 3.63) is 33.8 Å². The van der Waals surface area contributed by atoms with Crippen LogP contribution in [0.4, 0.5) is 4.79 Å². The van der Waals surface area contributed by atoms with Crippen LogP contribution in [0.1, 0.15) is 26.3 Å². The zero-order valence-corrected chi connectivity index (χ0v) is 13.1. The molecule has 1 aromatic rings. The first-order chi connectivity index (χ1) is 9.17. The summed E-state index contributed by atoms with van der Waals surface area (Å²) < 4.78 is 0. The molecule has 0 saturated heterocycles. The molecule has 0 unspecified atom stereocenters. The summed E-state index contributed by atoms with van der Waals surface area (Å²) in [6, 6.07) is 4.70. The lowest BCUT2D eigenvalue weighted by Crippen LogP contribution is -2.50. The van der Waals surface area contributed by atoms with Crippen LogP contribution in [-0.4, -0.2) is 17.5 Å². The number of nitrogens with two attached hydrogens (primary N) is 1. The van der Waals surface area contributed by atoms with E-state index < -0.39 is 6.03 Å². The van der Waals surface area contributed by atoms with Crippen LogP contribution in [0.15, 0.2) is 23.2 Å². The van der Waals surface area contributed by atoms with Crippen molar-refractivity contribution in [2.24, 2.45) is 10.7 Å². The van der Waals surface area contributed by atoms with Crippen molar-refractivity contribution in [3.8, 4) is 0 Å². The van der Waals surface area contributed by atoms with Gasteiger partial charge in [0.1, 0.15) is 0 Å². The number of carbonyl (C=O) groups excluding carboxylic acids is 1. The van der Waals surface area contributed by atoms with Gasteiger partial charge in [0.25, 0.3) is 0 Å². The Hall–Kier alpha value is -1.46. The molecule has 0 fully saturated rings.